The van der Waals surface area contributed by atoms with Crippen LogP contribution in [0.1, 0.15) is 51.3 Å². The Balaban J connectivity index is 1.23. The minimum absolute atomic E-state index is 0.0232. The van der Waals surface area contributed by atoms with Crippen LogP contribution in [-0.2, 0) is 10.8 Å². The fraction of sp³-hybridized carbons (Fsp3) is 0.123. The molecule has 11 aromatic rings. The molecule has 8 aromatic carbocycles. The van der Waals surface area contributed by atoms with E-state index in [0.29, 0.717) is 0 Å². The van der Waals surface area contributed by atoms with Crippen molar-refractivity contribution in [3.63, 3.8) is 0 Å². The Morgan fingerprint density at radius 1 is 0.516 bits per heavy atom. The highest BCUT2D eigenvalue weighted by molar-refractivity contribution is 7.27. The Hall–Kier alpha value is -6.40. The molecule has 62 heavy (non-hydrogen) atoms. The predicted molar refractivity (Wildman–Crippen MR) is 270 cm³/mol. The second kappa shape index (κ2) is 11.9. The van der Waals surface area contributed by atoms with E-state index in [1.807, 2.05) is 22.7 Å². The number of hydrogen-bond acceptors (Lipinski definition) is 3. The number of aromatic nitrogens is 1. The summed E-state index contributed by atoms with van der Waals surface area (Å²) in [6.45, 7) is 11.9. The van der Waals surface area contributed by atoms with E-state index in [1.54, 1.807) is 0 Å². The van der Waals surface area contributed by atoms with Crippen LogP contribution in [0, 0.1) is 0 Å². The normalized spacial score (nSPS) is 14.6. The van der Waals surface area contributed by atoms with Crippen molar-refractivity contribution in [3.8, 4) is 33.4 Å². The number of rotatable bonds is 2. The maximum atomic E-state index is 2.79. The minimum Gasteiger partial charge on any atom is -0.367 e. The first-order valence-corrected chi connectivity index (χ1v) is 23.5. The van der Waals surface area contributed by atoms with Crippen LogP contribution < -0.4 is 15.8 Å². The van der Waals surface area contributed by atoms with Crippen molar-refractivity contribution in [3.05, 3.63) is 174 Å². The van der Waals surface area contributed by atoms with Gasteiger partial charge >= 0.3 is 6.85 Å². The smallest absolute Gasteiger partial charge is 0.334 e. The number of nitrogens with zero attached hydrogens (tertiary/aromatic N) is 2. The predicted octanol–water partition coefficient (Wildman–Crippen LogP) is 15.1. The van der Waals surface area contributed by atoms with Crippen molar-refractivity contribution in [1.82, 2.24) is 4.48 Å². The Bertz CT molecular complexity index is 3780. The number of benzene rings is 8. The molecule has 0 radical (unpaired) electrons. The summed E-state index contributed by atoms with van der Waals surface area (Å²) in [6.07, 6.45) is 0. The van der Waals surface area contributed by atoms with Crippen LogP contribution in [-0.4, -0.2) is 11.3 Å². The number of para-hydroxylation sites is 1. The first-order valence-electron chi connectivity index (χ1n) is 21.9. The van der Waals surface area contributed by atoms with Gasteiger partial charge in [0.2, 0.25) is 0 Å². The molecule has 0 spiro atoms. The molecular formula is C57H41BN2S2. The average molecular weight is 829 g/mol. The van der Waals surface area contributed by atoms with Gasteiger partial charge in [0.25, 0.3) is 0 Å². The van der Waals surface area contributed by atoms with E-state index in [4.69, 9.17) is 0 Å². The van der Waals surface area contributed by atoms with Gasteiger partial charge in [-0.2, -0.15) is 0 Å². The quantitative estimate of drug-likeness (QED) is 0.158. The lowest BCUT2D eigenvalue weighted by Gasteiger charge is -2.44. The second-order valence-electron chi connectivity index (χ2n) is 19.2. The number of anilines is 3. The lowest BCUT2D eigenvalue weighted by Crippen LogP contribution is -2.57. The van der Waals surface area contributed by atoms with Gasteiger partial charge in [-0.05, 0) is 109 Å². The van der Waals surface area contributed by atoms with E-state index in [2.05, 4.69) is 202 Å². The maximum Gasteiger partial charge on any atom is 0.334 e. The summed E-state index contributed by atoms with van der Waals surface area (Å²) >= 11 is 3.88. The zero-order valence-corrected chi connectivity index (χ0v) is 36.9. The van der Waals surface area contributed by atoms with E-state index < -0.39 is 0 Å². The fourth-order valence-electron chi connectivity index (χ4n) is 11.8. The molecule has 2 nitrogen and oxygen atoms in total. The summed E-state index contributed by atoms with van der Waals surface area (Å²) in [5.41, 5.74) is 19.7. The molecule has 0 atom stereocenters. The molecule has 0 saturated carbocycles. The van der Waals surface area contributed by atoms with Crippen molar-refractivity contribution in [2.45, 2.75) is 45.4 Å². The molecule has 0 bridgehead atoms. The number of fused-ring (bicyclic) bond motifs is 17. The average Bonchev–Trinajstić information content (AvgIpc) is 4.01. The molecule has 0 N–H and O–H groups in total. The summed E-state index contributed by atoms with van der Waals surface area (Å²) in [5, 5.41) is 6.79. The van der Waals surface area contributed by atoms with Crippen LogP contribution >= 0.6 is 22.7 Å². The van der Waals surface area contributed by atoms with E-state index in [-0.39, 0.29) is 17.7 Å². The van der Waals surface area contributed by atoms with Gasteiger partial charge in [-0.3, -0.25) is 0 Å². The summed E-state index contributed by atoms with van der Waals surface area (Å²) in [7, 11) is 0. The molecule has 3 aromatic heterocycles. The Kier molecular flexibility index (Phi) is 6.79. The number of hydrogen-bond donors (Lipinski definition) is 0. The summed E-state index contributed by atoms with van der Waals surface area (Å²) in [5.74, 6) is 0. The Morgan fingerprint density at radius 3 is 2.00 bits per heavy atom. The van der Waals surface area contributed by atoms with Crippen LogP contribution in [0.4, 0.5) is 17.1 Å². The Labute approximate surface area is 369 Å². The van der Waals surface area contributed by atoms with Crippen molar-refractivity contribution >= 4 is 109 Å². The minimum atomic E-state index is -0.260. The molecule has 2 aliphatic heterocycles. The van der Waals surface area contributed by atoms with Crippen molar-refractivity contribution in [2.24, 2.45) is 0 Å². The first-order chi connectivity index (χ1) is 30.2. The van der Waals surface area contributed by atoms with Gasteiger partial charge in [-0.1, -0.05) is 150 Å². The van der Waals surface area contributed by atoms with E-state index >= 15 is 0 Å². The largest absolute Gasteiger partial charge is 0.367 e. The van der Waals surface area contributed by atoms with Crippen molar-refractivity contribution in [1.29, 1.82) is 0 Å². The highest BCUT2D eigenvalue weighted by Crippen LogP contribution is 2.59. The Morgan fingerprint density at radius 2 is 1.19 bits per heavy atom. The molecule has 0 amide bonds. The molecule has 5 heteroatoms. The lowest BCUT2D eigenvalue weighted by molar-refractivity contribution is 0.590. The van der Waals surface area contributed by atoms with Gasteiger partial charge in [0.1, 0.15) is 0 Å². The van der Waals surface area contributed by atoms with Crippen LogP contribution in [0.5, 0.6) is 0 Å². The van der Waals surface area contributed by atoms with Gasteiger partial charge in [0.05, 0.1) is 10.5 Å². The molecule has 0 fully saturated rings. The summed E-state index contributed by atoms with van der Waals surface area (Å²) < 4.78 is 6.80. The van der Waals surface area contributed by atoms with Gasteiger partial charge in [-0.25, -0.2) is 0 Å². The number of thiophene rings is 2. The third-order valence-corrected chi connectivity index (χ3v) is 16.8. The first kappa shape index (κ1) is 35.2. The van der Waals surface area contributed by atoms with Crippen LogP contribution in [0.25, 0.3) is 84.8 Å². The molecule has 0 saturated heterocycles. The van der Waals surface area contributed by atoms with Crippen LogP contribution in [0.15, 0.2) is 158 Å². The second-order valence-corrected chi connectivity index (χ2v) is 21.3. The maximum absolute atomic E-state index is 2.79. The zero-order chi connectivity index (χ0) is 41.4. The monoisotopic (exact) mass is 828 g/mol. The van der Waals surface area contributed by atoms with Gasteiger partial charge < -0.3 is 9.38 Å². The molecule has 1 aliphatic carbocycles. The third kappa shape index (κ3) is 4.35. The molecule has 294 valence electrons. The van der Waals surface area contributed by atoms with E-state index in [9.17, 15) is 0 Å². The van der Waals surface area contributed by atoms with E-state index in [1.165, 1.54) is 129 Å². The van der Waals surface area contributed by atoms with Crippen molar-refractivity contribution in [2.75, 3.05) is 4.90 Å². The molecular weight excluding hydrogens is 788 g/mol. The van der Waals surface area contributed by atoms with Crippen LogP contribution in [0.3, 0.4) is 0 Å². The summed E-state index contributed by atoms with van der Waals surface area (Å²) in [6, 6.07) is 60.4. The highest BCUT2D eigenvalue weighted by atomic mass is 32.1. The molecule has 14 rings (SSSR count). The van der Waals surface area contributed by atoms with Gasteiger partial charge in [-0.15, -0.1) is 22.7 Å². The molecule has 5 heterocycles. The van der Waals surface area contributed by atoms with E-state index in [0.717, 1.165) is 0 Å². The molecule has 3 aliphatic rings. The topological polar surface area (TPSA) is 8.17 Å². The fourth-order valence-corrected chi connectivity index (χ4v) is 14.2. The summed E-state index contributed by atoms with van der Waals surface area (Å²) in [4.78, 5) is 4.09. The lowest BCUT2D eigenvalue weighted by atomic mass is 9.44. The van der Waals surface area contributed by atoms with Crippen molar-refractivity contribution < 1.29 is 0 Å². The van der Waals surface area contributed by atoms with Crippen LogP contribution in [0.2, 0.25) is 0 Å². The van der Waals surface area contributed by atoms with Gasteiger partial charge in [0, 0.05) is 63.7 Å². The SMILES string of the molecule is CC(C)(C)c1ccc(N2c3ccc4sc5ccccc5c4c3B3c4c(cc5c(c42)C(C)(C)c2ccccc2-5)-c2cccc4c5c6ccccc6sc5n3c24)c(-c2ccccc2)c1. The van der Waals surface area contributed by atoms with Gasteiger partial charge in [0.15, 0.2) is 0 Å². The third-order valence-electron chi connectivity index (χ3n) is 14.5. The zero-order valence-electron chi connectivity index (χ0n) is 35.3. The standard InChI is InChI=1S/C57H41BN2S2/c1-56(2,3)33-26-27-43(39(30-33)32-16-7-6-8-17-32)59-44-28-29-47-49(37-20-11-13-24-45(37)61-47)52(44)58-51-41(31-40-34-18-9-12-23-42(34)57(4,5)50(40)54(51)59)35-21-15-22-38-48-36-19-10-14-25-46(36)62-55(48)60(58)53(35)38/h6-31H,1-5H3. The highest BCUT2D eigenvalue weighted by Gasteiger charge is 2.50. The molecule has 0 unspecified atom stereocenters.